The highest BCUT2D eigenvalue weighted by Gasteiger charge is 2.28. The Balaban J connectivity index is 1.69. The molecule has 0 radical (unpaired) electrons. The summed E-state index contributed by atoms with van der Waals surface area (Å²) in [5, 5.41) is 0.857. The highest BCUT2D eigenvalue weighted by Crippen LogP contribution is 2.45. The van der Waals surface area contributed by atoms with Gasteiger partial charge >= 0.3 is 0 Å². The first-order valence-electron chi connectivity index (χ1n) is 9.72. The smallest absolute Gasteiger partial charge is 0.205 e. The standard InChI is InChI=1S/C24H19BrN2O2S/c1-29-17-10-6-13(7-11-17)18-12-19(14-2-3-14)27-24-20(18)21(26)23(30-24)22(28)15-4-8-16(25)9-5-15/h4-12,14H,2-3,26H2,1H3. The van der Waals surface area contributed by atoms with Crippen molar-refractivity contribution < 1.29 is 9.53 Å². The number of carbonyl (C=O) groups is 1. The molecule has 6 heteroatoms. The van der Waals surface area contributed by atoms with Crippen molar-refractivity contribution in [2.24, 2.45) is 0 Å². The molecule has 4 aromatic rings. The van der Waals surface area contributed by atoms with Crippen LogP contribution in [0.15, 0.2) is 59.1 Å². The van der Waals surface area contributed by atoms with Gasteiger partial charge in [-0.25, -0.2) is 4.98 Å². The number of ether oxygens (including phenoxy) is 1. The molecule has 30 heavy (non-hydrogen) atoms. The van der Waals surface area contributed by atoms with Crippen LogP contribution in [0.5, 0.6) is 5.75 Å². The molecular weight excluding hydrogens is 460 g/mol. The summed E-state index contributed by atoms with van der Waals surface area (Å²) in [6.07, 6.45) is 2.32. The predicted molar refractivity (Wildman–Crippen MR) is 126 cm³/mol. The zero-order chi connectivity index (χ0) is 20.8. The summed E-state index contributed by atoms with van der Waals surface area (Å²) in [7, 11) is 1.65. The van der Waals surface area contributed by atoms with E-state index in [0.29, 0.717) is 22.0 Å². The van der Waals surface area contributed by atoms with E-state index in [-0.39, 0.29) is 5.78 Å². The lowest BCUT2D eigenvalue weighted by Crippen LogP contribution is -2.02. The molecule has 2 N–H and O–H groups in total. The Kier molecular flexibility index (Phi) is 4.83. The van der Waals surface area contributed by atoms with Crippen molar-refractivity contribution in [3.8, 4) is 16.9 Å². The van der Waals surface area contributed by atoms with Crippen molar-refractivity contribution >= 4 is 49.0 Å². The number of hydrogen-bond donors (Lipinski definition) is 1. The molecule has 5 rings (SSSR count). The number of benzene rings is 2. The van der Waals surface area contributed by atoms with Gasteiger partial charge in [-0.3, -0.25) is 4.79 Å². The quantitative estimate of drug-likeness (QED) is 0.335. The summed E-state index contributed by atoms with van der Waals surface area (Å²) in [4.78, 5) is 19.4. The van der Waals surface area contributed by atoms with Gasteiger partial charge in [-0.05, 0) is 66.4 Å². The normalized spacial score (nSPS) is 13.5. The van der Waals surface area contributed by atoms with E-state index >= 15 is 0 Å². The highest BCUT2D eigenvalue weighted by atomic mass is 79.9. The molecule has 0 amide bonds. The van der Waals surface area contributed by atoms with E-state index in [1.54, 1.807) is 7.11 Å². The minimum Gasteiger partial charge on any atom is -0.497 e. The van der Waals surface area contributed by atoms with E-state index in [1.807, 2.05) is 48.5 Å². The first-order valence-corrected chi connectivity index (χ1v) is 11.3. The van der Waals surface area contributed by atoms with Crippen LogP contribution < -0.4 is 10.5 Å². The van der Waals surface area contributed by atoms with Crippen molar-refractivity contribution in [1.29, 1.82) is 0 Å². The fraction of sp³-hybridized carbons (Fsp3) is 0.167. The number of rotatable bonds is 5. The number of nitrogen functional groups attached to an aromatic ring is 1. The van der Waals surface area contributed by atoms with Crippen LogP contribution in [-0.2, 0) is 0 Å². The summed E-state index contributed by atoms with van der Waals surface area (Å²) in [6.45, 7) is 0. The van der Waals surface area contributed by atoms with Gasteiger partial charge in [-0.15, -0.1) is 11.3 Å². The molecule has 0 saturated heterocycles. The molecule has 4 nitrogen and oxygen atoms in total. The molecule has 0 bridgehead atoms. The molecular formula is C24H19BrN2O2S. The van der Waals surface area contributed by atoms with Gasteiger partial charge in [-0.1, -0.05) is 28.1 Å². The minimum atomic E-state index is -0.0725. The van der Waals surface area contributed by atoms with Crippen molar-refractivity contribution in [2.45, 2.75) is 18.8 Å². The number of thiophene rings is 1. The van der Waals surface area contributed by atoms with Gasteiger partial charge in [0.2, 0.25) is 5.78 Å². The second-order valence-electron chi connectivity index (χ2n) is 7.46. The fourth-order valence-electron chi connectivity index (χ4n) is 3.63. The summed E-state index contributed by atoms with van der Waals surface area (Å²) in [5.41, 5.74) is 10.8. The van der Waals surface area contributed by atoms with Crippen LogP contribution in [0.1, 0.15) is 39.7 Å². The van der Waals surface area contributed by atoms with Gasteiger partial charge in [0.25, 0.3) is 0 Å². The molecule has 1 saturated carbocycles. The van der Waals surface area contributed by atoms with Crippen LogP contribution in [0.4, 0.5) is 5.69 Å². The van der Waals surface area contributed by atoms with E-state index in [0.717, 1.165) is 50.1 Å². The maximum absolute atomic E-state index is 13.2. The van der Waals surface area contributed by atoms with Crippen LogP contribution in [0.25, 0.3) is 21.3 Å². The number of pyridine rings is 1. The largest absolute Gasteiger partial charge is 0.497 e. The van der Waals surface area contributed by atoms with Crippen LogP contribution in [0, 0.1) is 0 Å². The van der Waals surface area contributed by atoms with Crippen molar-refractivity contribution in [1.82, 2.24) is 4.98 Å². The number of fused-ring (bicyclic) bond motifs is 1. The number of hydrogen-bond acceptors (Lipinski definition) is 5. The summed E-state index contributed by atoms with van der Waals surface area (Å²) >= 11 is 4.80. The first-order chi connectivity index (χ1) is 14.5. The molecule has 0 atom stereocenters. The Bertz CT molecular complexity index is 1260. The molecule has 150 valence electrons. The molecule has 2 aromatic carbocycles. The van der Waals surface area contributed by atoms with Gasteiger partial charge in [0.1, 0.15) is 15.5 Å². The van der Waals surface area contributed by atoms with E-state index < -0.39 is 0 Å². The Hall–Kier alpha value is -2.70. The Labute approximate surface area is 186 Å². The fourth-order valence-corrected chi connectivity index (χ4v) is 4.98. The number of aromatic nitrogens is 1. The van der Waals surface area contributed by atoms with E-state index in [9.17, 15) is 4.79 Å². The summed E-state index contributed by atoms with van der Waals surface area (Å²) < 4.78 is 6.23. The summed E-state index contributed by atoms with van der Waals surface area (Å²) in [5.74, 6) is 1.23. The molecule has 0 unspecified atom stereocenters. The Morgan fingerprint density at radius 1 is 1.13 bits per heavy atom. The predicted octanol–water partition coefficient (Wildman–Crippen LogP) is 6.43. The van der Waals surface area contributed by atoms with E-state index in [4.69, 9.17) is 15.5 Å². The first kappa shape index (κ1) is 19.3. The maximum Gasteiger partial charge on any atom is 0.205 e. The van der Waals surface area contributed by atoms with Gasteiger partial charge in [0.15, 0.2) is 0 Å². The monoisotopic (exact) mass is 478 g/mol. The number of carbonyl (C=O) groups excluding carboxylic acids is 1. The molecule has 0 spiro atoms. The molecule has 2 heterocycles. The van der Waals surface area contributed by atoms with Crippen LogP contribution in [-0.4, -0.2) is 17.9 Å². The van der Waals surface area contributed by atoms with Crippen molar-refractivity contribution in [3.05, 3.63) is 75.2 Å². The van der Waals surface area contributed by atoms with Crippen molar-refractivity contribution in [3.63, 3.8) is 0 Å². The second-order valence-corrected chi connectivity index (χ2v) is 9.37. The number of methoxy groups -OCH3 is 1. The number of ketones is 1. The van der Waals surface area contributed by atoms with E-state index in [1.165, 1.54) is 11.3 Å². The third-order valence-corrected chi connectivity index (χ3v) is 7.05. The number of halogens is 1. The second kappa shape index (κ2) is 7.52. The Morgan fingerprint density at radius 3 is 2.47 bits per heavy atom. The van der Waals surface area contributed by atoms with Crippen LogP contribution in [0.3, 0.4) is 0 Å². The third-order valence-electron chi connectivity index (χ3n) is 5.43. The average molecular weight is 479 g/mol. The third kappa shape index (κ3) is 3.40. The molecule has 2 aromatic heterocycles. The lowest BCUT2D eigenvalue weighted by molar-refractivity contribution is 0.104. The summed E-state index contributed by atoms with van der Waals surface area (Å²) in [6, 6.07) is 17.4. The van der Waals surface area contributed by atoms with Crippen LogP contribution in [0.2, 0.25) is 0 Å². The average Bonchev–Trinajstić information content (AvgIpc) is 3.57. The van der Waals surface area contributed by atoms with Gasteiger partial charge in [0, 0.05) is 27.0 Å². The topological polar surface area (TPSA) is 65.2 Å². The number of nitrogens with two attached hydrogens (primary N) is 1. The number of nitrogens with zero attached hydrogens (tertiary/aromatic N) is 1. The van der Waals surface area contributed by atoms with E-state index in [2.05, 4.69) is 22.0 Å². The maximum atomic E-state index is 13.2. The molecule has 1 fully saturated rings. The number of anilines is 1. The lowest BCUT2D eigenvalue weighted by Gasteiger charge is -2.09. The minimum absolute atomic E-state index is 0.0725. The lowest BCUT2D eigenvalue weighted by atomic mass is 9.99. The highest BCUT2D eigenvalue weighted by molar-refractivity contribution is 9.10. The van der Waals surface area contributed by atoms with Gasteiger partial charge < -0.3 is 10.5 Å². The zero-order valence-electron chi connectivity index (χ0n) is 16.3. The van der Waals surface area contributed by atoms with Crippen LogP contribution >= 0.6 is 27.3 Å². The molecule has 0 aliphatic heterocycles. The zero-order valence-corrected chi connectivity index (χ0v) is 18.7. The Morgan fingerprint density at radius 2 is 1.83 bits per heavy atom. The molecule has 1 aliphatic rings. The SMILES string of the molecule is COc1ccc(-c2cc(C3CC3)nc3sc(C(=O)c4ccc(Br)cc4)c(N)c23)cc1. The van der Waals surface area contributed by atoms with Crippen molar-refractivity contribution in [2.75, 3.05) is 12.8 Å². The molecule has 1 aliphatic carbocycles. The van der Waals surface area contributed by atoms with Gasteiger partial charge in [-0.2, -0.15) is 0 Å². The van der Waals surface area contributed by atoms with Gasteiger partial charge in [0.05, 0.1) is 12.8 Å².